The lowest BCUT2D eigenvalue weighted by Crippen LogP contribution is -2.44. The van der Waals surface area contributed by atoms with Crippen molar-refractivity contribution < 1.29 is 35.9 Å². The minimum absolute atomic E-state index is 0.0140. The zero-order chi connectivity index (χ0) is 20.2. The number of carbonyl (C=O) groups excluding carboxylic acids is 1. The summed E-state index contributed by atoms with van der Waals surface area (Å²) in [4.78, 5) is 11.8. The molecule has 2 rings (SSSR count). The summed E-state index contributed by atoms with van der Waals surface area (Å²) in [7, 11) is -0.999. The van der Waals surface area contributed by atoms with Gasteiger partial charge in [0.15, 0.2) is 11.5 Å². The topological polar surface area (TPSA) is 84.9 Å². The van der Waals surface area contributed by atoms with Gasteiger partial charge in [-0.3, -0.25) is 4.79 Å². The van der Waals surface area contributed by atoms with Gasteiger partial charge in [-0.15, -0.1) is 0 Å². The Morgan fingerprint density at radius 3 is 2.30 bits per heavy atom. The molecular weight excluding hydrogens is 389 g/mol. The molecule has 1 aliphatic heterocycles. The highest BCUT2D eigenvalue weighted by molar-refractivity contribution is 7.89. The minimum Gasteiger partial charge on any atom is -0.493 e. The number of methoxy groups -OCH3 is 2. The van der Waals surface area contributed by atoms with Gasteiger partial charge in [0.05, 0.1) is 19.1 Å². The van der Waals surface area contributed by atoms with Crippen molar-refractivity contribution in [2.24, 2.45) is 5.92 Å². The molecule has 152 valence electrons. The van der Waals surface area contributed by atoms with Gasteiger partial charge < -0.3 is 14.8 Å². The monoisotopic (exact) mass is 410 g/mol. The number of benzene rings is 1. The molecule has 0 bridgehead atoms. The number of halogens is 3. The van der Waals surface area contributed by atoms with E-state index >= 15 is 0 Å². The zero-order valence-electron chi connectivity index (χ0n) is 14.9. The lowest BCUT2D eigenvalue weighted by atomic mass is 9.97. The summed E-state index contributed by atoms with van der Waals surface area (Å²) in [5, 5.41) is 1.84. The van der Waals surface area contributed by atoms with Crippen LogP contribution in [0, 0.1) is 5.92 Å². The maximum atomic E-state index is 12.8. The second-order valence-corrected chi connectivity index (χ2v) is 7.97. The molecule has 1 aromatic rings. The number of hydrogen-bond acceptors (Lipinski definition) is 5. The summed E-state index contributed by atoms with van der Waals surface area (Å²) in [6.07, 6.45) is -4.18. The number of carbonyl (C=O) groups is 1. The van der Waals surface area contributed by atoms with Gasteiger partial charge in [0.2, 0.25) is 15.9 Å². The van der Waals surface area contributed by atoms with Crippen LogP contribution in [-0.4, -0.2) is 58.7 Å². The fraction of sp³-hybridized carbons (Fsp3) is 0.562. The van der Waals surface area contributed by atoms with Crippen molar-refractivity contribution in [3.05, 3.63) is 18.2 Å². The molecule has 0 radical (unpaired) electrons. The quantitative estimate of drug-likeness (QED) is 0.773. The number of rotatable bonds is 6. The number of alkyl halides is 3. The summed E-state index contributed by atoms with van der Waals surface area (Å²) in [6.45, 7) is -1.31. The van der Waals surface area contributed by atoms with Crippen molar-refractivity contribution in [2.45, 2.75) is 23.9 Å². The maximum Gasteiger partial charge on any atom is 0.405 e. The summed E-state index contributed by atoms with van der Waals surface area (Å²) < 4.78 is 73.5. The van der Waals surface area contributed by atoms with Crippen molar-refractivity contribution >= 4 is 15.9 Å². The number of piperidine rings is 1. The van der Waals surface area contributed by atoms with Gasteiger partial charge >= 0.3 is 6.18 Å². The van der Waals surface area contributed by atoms with Gasteiger partial charge in [-0.1, -0.05) is 0 Å². The molecule has 7 nitrogen and oxygen atoms in total. The van der Waals surface area contributed by atoms with E-state index in [1.54, 1.807) is 0 Å². The van der Waals surface area contributed by atoms with E-state index in [-0.39, 0.29) is 36.6 Å². The smallest absolute Gasteiger partial charge is 0.405 e. The third-order valence-electron chi connectivity index (χ3n) is 4.28. The summed E-state index contributed by atoms with van der Waals surface area (Å²) in [5.41, 5.74) is 0. The van der Waals surface area contributed by atoms with E-state index in [9.17, 15) is 26.4 Å². The number of nitrogens with one attached hydrogen (secondary N) is 1. The van der Waals surface area contributed by atoms with Crippen molar-refractivity contribution in [3.63, 3.8) is 0 Å². The van der Waals surface area contributed by atoms with Crippen LogP contribution in [0.25, 0.3) is 0 Å². The molecule has 11 heteroatoms. The predicted molar refractivity (Wildman–Crippen MR) is 90.1 cm³/mol. The Bertz CT molecular complexity index is 775. The number of hydrogen-bond donors (Lipinski definition) is 1. The molecule has 1 aliphatic rings. The first kappa shape index (κ1) is 21.3. The molecule has 0 unspecified atom stereocenters. The maximum absolute atomic E-state index is 12.8. The molecule has 27 heavy (non-hydrogen) atoms. The SMILES string of the molecule is COc1ccc(S(=O)(=O)N2CCC(C(=O)NCC(F)(F)F)CC2)cc1OC. The van der Waals surface area contributed by atoms with Crippen LogP contribution in [-0.2, 0) is 14.8 Å². The Balaban J connectivity index is 2.03. The van der Waals surface area contributed by atoms with E-state index in [0.717, 1.165) is 0 Å². The Labute approximate surface area is 155 Å². The van der Waals surface area contributed by atoms with Crippen LogP contribution in [0.4, 0.5) is 13.2 Å². The fourth-order valence-electron chi connectivity index (χ4n) is 2.82. The summed E-state index contributed by atoms with van der Waals surface area (Å²) in [6, 6.07) is 4.21. The van der Waals surface area contributed by atoms with E-state index in [4.69, 9.17) is 9.47 Å². The first-order valence-electron chi connectivity index (χ1n) is 8.15. The van der Waals surface area contributed by atoms with Gasteiger partial charge in [0.1, 0.15) is 6.54 Å². The van der Waals surface area contributed by atoms with Crippen LogP contribution < -0.4 is 14.8 Å². The third-order valence-corrected chi connectivity index (χ3v) is 6.18. The lowest BCUT2D eigenvalue weighted by Gasteiger charge is -2.30. The van der Waals surface area contributed by atoms with E-state index in [0.29, 0.717) is 5.75 Å². The molecule has 1 aromatic carbocycles. The second kappa shape index (κ2) is 8.34. The summed E-state index contributed by atoms with van der Waals surface area (Å²) in [5.74, 6) is -0.712. The van der Waals surface area contributed by atoms with E-state index in [2.05, 4.69) is 0 Å². The Kier molecular flexibility index (Phi) is 6.58. The van der Waals surface area contributed by atoms with Gasteiger partial charge in [-0.2, -0.15) is 17.5 Å². The molecule has 1 fully saturated rings. The first-order valence-corrected chi connectivity index (χ1v) is 9.59. The highest BCUT2D eigenvalue weighted by Crippen LogP contribution is 2.32. The van der Waals surface area contributed by atoms with Crippen LogP contribution in [0.5, 0.6) is 11.5 Å². The molecule has 0 spiro atoms. The van der Waals surface area contributed by atoms with Crippen molar-refractivity contribution in [2.75, 3.05) is 33.9 Å². The van der Waals surface area contributed by atoms with Gasteiger partial charge in [-0.25, -0.2) is 8.42 Å². The molecule has 1 amide bonds. The molecule has 1 N–H and O–H groups in total. The second-order valence-electron chi connectivity index (χ2n) is 6.03. The lowest BCUT2D eigenvalue weighted by molar-refractivity contribution is -0.141. The highest BCUT2D eigenvalue weighted by atomic mass is 32.2. The van der Waals surface area contributed by atoms with E-state index < -0.39 is 34.6 Å². The van der Waals surface area contributed by atoms with Gasteiger partial charge in [0.25, 0.3) is 0 Å². The van der Waals surface area contributed by atoms with Crippen LogP contribution >= 0.6 is 0 Å². The fourth-order valence-corrected chi connectivity index (χ4v) is 4.30. The molecule has 1 saturated heterocycles. The molecule has 1 heterocycles. The number of sulfonamides is 1. The average molecular weight is 410 g/mol. The predicted octanol–water partition coefficient (Wildman–Crippen LogP) is 1.78. The van der Waals surface area contributed by atoms with Crippen LogP contribution in [0.2, 0.25) is 0 Å². The normalized spacial score (nSPS) is 16.8. The Morgan fingerprint density at radius 2 is 1.78 bits per heavy atom. The minimum atomic E-state index is -4.48. The zero-order valence-corrected chi connectivity index (χ0v) is 15.7. The van der Waals surface area contributed by atoms with Gasteiger partial charge in [-0.05, 0) is 25.0 Å². The summed E-state index contributed by atoms with van der Waals surface area (Å²) >= 11 is 0. The number of ether oxygens (including phenoxy) is 2. The molecule has 0 aliphatic carbocycles. The van der Waals surface area contributed by atoms with Gasteiger partial charge in [0, 0.05) is 25.1 Å². The third kappa shape index (κ3) is 5.25. The largest absolute Gasteiger partial charge is 0.493 e. The molecule has 0 aromatic heterocycles. The van der Waals surface area contributed by atoms with E-state index in [1.165, 1.54) is 36.7 Å². The van der Waals surface area contributed by atoms with Crippen molar-refractivity contribution in [1.29, 1.82) is 0 Å². The van der Waals surface area contributed by atoms with Crippen molar-refractivity contribution in [1.82, 2.24) is 9.62 Å². The first-order chi connectivity index (χ1) is 12.6. The molecule has 0 atom stereocenters. The number of amides is 1. The van der Waals surface area contributed by atoms with Crippen LogP contribution in [0.1, 0.15) is 12.8 Å². The average Bonchev–Trinajstić information content (AvgIpc) is 2.64. The molecular formula is C16H21F3N2O5S. The Morgan fingerprint density at radius 1 is 1.19 bits per heavy atom. The van der Waals surface area contributed by atoms with Crippen molar-refractivity contribution in [3.8, 4) is 11.5 Å². The van der Waals surface area contributed by atoms with E-state index in [1.807, 2.05) is 5.32 Å². The Hall–Kier alpha value is -2.01. The number of nitrogens with zero attached hydrogens (tertiary/aromatic N) is 1. The standard InChI is InChI=1S/C16H21F3N2O5S/c1-25-13-4-3-12(9-14(13)26-2)27(23,24)21-7-5-11(6-8-21)15(22)20-10-16(17,18)19/h3-4,9,11H,5-8,10H2,1-2H3,(H,20,22). The van der Waals surface area contributed by atoms with Crippen LogP contribution in [0.3, 0.4) is 0 Å². The van der Waals surface area contributed by atoms with Crippen LogP contribution in [0.15, 0.2) is 23.1 Å². The highest BCUT2D eigenvalue weighted by Gasteiger charge is 2.34. The molecule has 0 saturated carbocycles.